The molecule has 3 saturated heterocycles. The molecule has 178 valence electrons. The van der Waals surface area contributed by atoms with Crippen molar-refractivity contribution in [1.29, 1.82) is 0 Å². The van der Waals surface area contributed by atoms with Crippen LogP contribution in [0.1, 0.15) is 50.5 Å². The van der Waals surface area contributed by atoms with Crippen molar-refractivity contribution in [3.63, 3.8) is 0 Å². The third-order valence-corrected chi connectivity index (χ3v) is 7.33. The summed E-state index contributed by atoms with van der Waals surface area (Å²) in [6.45, 7) is 3.39. The van der Waals surface area contributed by atoms with Gasteiger partial charge < -0.3 is 25.0 Å². The zero-order chi connectivity index (χ0) is 22.8. The van der Waals surface area contributed by atoms with Crippen LogP contribution in [0.15, 0.2) is 18.2 Å². The molecule has 4 aliphatic heterocycles. The Kier molecular flexibility index (Phi) is 6.39. The number of carbonyl (C=O) groups is 3. The molecule has 0 radical (unpaired) electrons. The lowest BCUT2D eigenvalue weighted by Crippen LogP contribution is -2.51. The molecule has 9 nitrogen and oxygen atoms in total. The Bertz CT molecular complexity index is 920. The van der Waals surface area contributed by atoms with Gasteiger partial charge in [-0.25, -0.2) is 4.79 Å². The summed E-state index contributed by atoms with van der Waals surface area (Å²) in [7, 11) is 0. The van der Waals surface area contributed by atoms with Gasteiger partial charge in [-0.15, -0.1) is 0 Å². The lowest BCUT2D eigenvalue weighted by molar-refractivity contribution is -0.128. The molecule has 5 rings (SSSR count). The van der Waals surface area contributed by atoms with E-state index in [9.17, 15) is 14.4 Å². The molecule has 3 atom stereocenters. The van der Waals surface area contributed by atoms with Gasteiger partial charge in [0.2, 0.25) is 12.7 Å². The summed E-state index contributed by atoms with van der Waals surface area (Å²) >= 11 is 0. The number of carbonyl (C=O) groups excluding carboxylic acids is 3. The number of hydrogen-bond acceptors (Lipinski definition) is 6. The van der Waals surface area contributed by atoms with E-state index in [2.05, 4.69) is 15.5 Å². The summed E-state index contributed by atoms with van der Waals surface area (Å²) in [5.41, 5.74) is 0.783. The first-order valence-electron chi connectivity index (χ1n) is 12.1. The van der Waals surface area contributed by atoms with Crippen molar-refractivity contribution in [2.45, 2.75) is 63.6 Å². The highest BCUT2D eigenvalue weighted by Gasteiger charge is 2.38. The molecule has 4 heterocycles. The molecule has 4 amide bonds. The van der Waals surface area contributed by atoms with Crippen LogP contribution in [0.5, 0.6) is 11.5 Å². The fourth-order valence-corrected chi connectivity index (χ4v) is 5.57. The molecule has 4 aliphatic rings. The monoisotopic (exact) mass is 456 g/mol. The first-order chi connectivity index (χ1) is 16.1. The second kappa shape index (κ2) is 9.59. The molecule has 9 heteroatoms. The Morgan fingerprint density at radius 2 is 1.94 bits per heavy atom. The Hall–Kier alpha value is -2.81. The van der Waals surface area contributed by atoms with E-state index >= 15 is 0 Å². The quantitative estimate of drug-likeness (QED) is 0.609. The van der Waals surface area contributed by atoms with Crippen LogP contribution in [0, 0.1) is 5.92 Å². The van der Waals surface area contributed by atoms with Crippen LogP contribution in [0.2, 0.25) is 0 Å². The number of ether oxygens (including phenoxy) is 2. The normalized spacial score (nSPS) is 26.8. The molecular formula is C24H32N4O5. The van der Waals surface area contributed by atoms with Crippen molar-refractivity contribution in [2.75, 3.05) is 26.4 Å². The minimum atomic E-state index is -0.666. The van der Waals surface area contributed by atoms with E-state index in [1.54, 1.807) is 12.1 Å². The van der Waals surface area contributed by atoms with Crippen molar-refractivity contribution in [1.82, 2.24) is 20.4 Å². The van der Waals surface area contributed by atoms with Crippen LogP contribution in [-0.4, -0.2) is 66.2 Å². The number of nitrogens with one attached hydrogen (secondary N) is 2. The van der Waals surface area contributed by atoms with Crippen LogP contribution in [-0.2, 0) is 16.1 Å². The molecule has 0 aliphatic carbocycles. The van der Waals surface area contributed by atoms with Crippen molar-refractivity contribution in [2.24, 2.45) is 5.92 Å². The maximum atomic E-state index is 12.8. The van der Waals surface area contributed by atoms with Crippen LogP contribution in [0.3, 0.4) is 0 Å². The molecule has 0 bridgehead atoms. The SMILES string of the molecule is O=C(CC[C@H]1NC(=O)N(Cc2ccc3c(c2)OCO3)C1=O)NC[C@@H]1CCCN2CCCC[C@H]12. The first-order valence-corrected chi connectivity index (χ1v) is 12.1. The predicted octanol–water partition coefficient (Wildman–Crippen LogP) is 2.00. The summed E-state index contributed by atoms with van der Waals surface area (Å²) in [6, 6.07) is 4.86. The van der Waals surface area contributed by atoms with Gasteiger partial charge in [-0.1, -0.05) is 12.5 Å². The van der Waals surface area contributed by atoms with Crippen LogP contribution >= 0.6 is 0 Å². The van der Waals surface area contributed by atoms with E-state index in [0.717, 1.165) is 12.0 Å². The van der Waals surface area contributed by atoms with Gasteiger partial charge in [-0.2, -0.15) is 0 Å². The highest BCUT2D eigenvalue weighted by atomic mass is 16.7. The molecule has 33 heavy (non-hydrogen) atoms. The van der Waals surface area contributed by atoms with E-state index < -0.39 is 12.1 Å². The van der Waals surface area contributed by atoms with E-state index in [4.69, 9.17) is 9.47 Å². The molecule has 1 aromatic rings. The molecule has 0 spiro atoms. The highest BCUT2D eigenvalue weighted by Crippen LogP contribution is 2.33. The Morgan fingerprint density at radius 1 is 1.09 bits per heavy atom. The number of urea groups is 1. The smallest absolute Gasteiger partial charge is 0.325 e. The van der Waals surface area contributed by atoms with Crippen LogP contribution in [0.4, 0.5) is 4.79 Å². The number of hydrogen-bond donors (Lipinski definition) is 2. The van der Waals surface area contributed by atoms with Crippen molar-refractivity contribution < 1.29 is 23.9 Å². The third-order valence-electron chi connectivity index (χ3n) is 7.33. The maximum absolute atomic E-state index is 12.8. The summed E-state index contributed by atoms with van der Waals surface area (Å²) < 4.78 is 10.7. The van der Waals surface area contributed by atoms with Crippen LogP contribution < -0.4 is 20.1 Å². The first kappa shape index (κ1) is 22.0. The predicted molar refractivity (Wildman–Crippen MR) is 120 cm³/mol. The standard InChI is InChI=1S/C24H32N4O5/c29-22(25-13-17-4-3-11-27-10-2-1-5-19(17)27)9-7-18-23(30)28(24(31)26-18)14-16-6-8-20-21(12-16)33-15-32-20/h6,8,12,17-19H,1-5,7,9-11,13-15H2,(H,25,29)(H,26,31)/t17-,18+,19+/m0/s1. The lowest BCUT2D eigenvalue weighted by Gasteiger charge is -2.44. The maximum Gasteiger partial charge on any atom is 0.325 e. The molecule has 1 aromatic carbocycles. The minimum absolute atomic E-state index is 0.0563. The van der Waals surface area contributed by atoms with Gasteiger partial charge in [-0.3, -0.25) is 14.5 Å². The Balaban J connectivity index is 1.09. The van der Waals surface area contributed by atoms with E-state index in [-0.39, 0.29) is 31.6 Å². The molecule has 0 aromatic heterocycles. The van der Waals surface area contributed by atoms with Gasteiger partial charge in [0.15, 0.2) is 11.5 Å². The van der Waals surface area contributed by atoms with Gasteiger partial charge in [0, 0.05) is 19.0 Å². The number of amides is 4. The van der Waals surface area contributed by atoms with Gasteiger partial charge in [0.1, 0.15) is 6.04 Å². The number of fused-ring (bicyclic) bond motifs is 2. The van der Waals surface area contributed by atoms with E-state index in [0.29, 0.717) is 36.4 Å². The highest BCUT2D eigenvalue weighted by molar-refractivity contribution is 6.04. The fourth-order valence-electron chi connectivity index (χ4n) is 5.57. The van der Waals surface area contributed by atoms with E-state index in [1.165, 1.54) is 43.7 Å². The molecule has 2 N–H and O–H groups in total. The molecular weight excluding hydrogens is 424 g/mol. The molecule has 0 saturated carbocycles. The third kappa shape index (κ3) is 4.78. The number of nitrogens with zero attached hydrogens (tertiary/aromatic N) is 2. The second-order valence-electron chi connectivity index (χ2n) is 9.46. The topological polar surface area (TPSA) is 100 Å². The summed E-state index contributed by atoms with van der Waals surface area (Å²) in [5.74, 6) is 1.43. The lowest BCUT2D eigenvalue weighted by atomic mass is 9.83. The zero-order valence-corrected chi connectivity index (χ0v) is 18.9. The molecule has 0 unspecified atom stereocenters. The molecule has 3 fully saturated rings. The van der Waals surface area contributed by atoms with Crippen LogP contribution in [0.25, 0.3) is 0 Å². The van der Waals surface area contributed by atoms with Gasteiger partial charge in [0.05, 0.1) is 6.54 Å². The van der Waals surface area contributed by atoms with Crippen molar-refractivity contribution >= 4 is 17.8 Å². The number of benzene rings is 1. The second-order valence-corrected chi connectivity index (χ2v) is 9.46. The average molecular weight is 457 g/mol. The summed E-state index contributed by atoms with van der Waals surface area (Å²) in [5, 5.41) is 5.80. The minimum Gasteiger partial charge on any atom is -0.454 e. The van der Waals surface area contributed by atoms with Gasteiger partial charge in [0.25, 0.3) is 5.91 Å². The van der Waals surface area contributed by atoms with E-state index in [1.807, 2.05) is 6.07 Å². The van der Waals surface area contributed by atoms with Gasteiger partial charge >= 0.3 is 6.03 Å². The van der Waals surface area contributed by atoms with Gasteiger partial charge in [-0.05, 0) is 68.8 Å². The van der Waals surface area contributed by atoms with Crippen molar-refractivity contribution in [3.8, 4) is 11.5 Å². The van der Waals surface area contributed by atoms with Crippen molar-refractivity contribution in [3.05, 3.63) is 23.8 Å². The Labute approximate surface area is 193 Å². The average Bonchev–Trinajstić information content (AvgIpc) is 3.40. The largest absolute Gasteiger partial charge is 0.454 e. The Morgan fingerprint density at radius 3 is 2.85 bits per heavy atom. The summed E-state index contributed by atoms with van der Waals surface area (Å²) in [6.07, 6.45) is 6.65. The number of imide groups is 1. The number of piperidine rings is 2. The zero-order valence-electron chi connectivity index (χ0n) is 18.9. The summed E-state index contributed by atoms with van der Waals surface area (Å²) in [4.78, 5) is 41.4. The number of rotatable bonds is 7. The fraction of sp³-hybridized carbons (Fsp3) is 0.625.